The fourth-order valence-corrected chi connectivity index (χ4v) is 1.65. The minimum Gasteiger partial charge on any atom is -0.374 e. The van der Waals surface area contributed by atoms with Gasteiger partial charge in [-0.15, -0.1) is 0 Å². The third kappa shape index (κ3) is 1.75. The van der Waals surface area contributed by atoms with Crippen LogP contribution in [0.1, 0.15) is 0 Å². The van der Waals surface area contributed by atoms with Gasteiger partial charge in [0, 0.05) is 23.9 Å². The highest BCUT2D eigenvalue weighted by atomic mass is 32.2. The minimum atomic E-state index is 0.156. The molecule has 3 nitrogen and oxygen atoms in total. The van der Waals surface area contributed by atoms with Crippen molar-refractivity contribution in [2.24, 2.45) is 0 Å². The van der Waals surface area contributed by atoms with Gasteiger partial charge in [-0.1, -0.05) is 11.8 Å². The zero-order valence-corrected chi connectivity index (χ0v) is 6.66. The first kappa shape index (κ1) is 7.63. The van der Waals surface area contributed by atoms with E-state index in [1.807, 2.05) is 13.2 Å². The molecule has 1 unspecified atom stereocenters. The van der Waals surface area contributed by atoms with E-state index in [0.29, 0.717) is 0 Å². The molecule has 56 valence electrons. The van der Waals surface area contributed by atoms with Crippen molar-refractivity contribution >= 4 is 18.0 Å². The summed E-state index contributed by atoms with van der Waals surface area (Å²) in [7, 11) is 1.92. The summed E-state index contributed by atoms with van der Waals surface area (Å²) in [5.74, 6) is 0. The van der Waals surface area contributed by atoms with Crippen LogP contribution in [-0.4, -0.2) is 25.2 Å². The van der Waals surface area contributed by atoms with Gasteiger partial charge in [-0.3, -0.25) is 0 Å². The monoisotopic (exact) mass is 157 g/mol. The van der Waals surface area contributed by atoms with Crippen LogP contribution in [0.5, 0.6) is 0 Å². The lowest BCUT2D eigenvalue weighted by Gasteiger charge is -2.01. The largest absolute Gasteiger partial charge is 0.374 e. The Balaban J connectivity index is 2.31. The van der Waals surface area contributed by atoms with Crippen molar-refractivity contribution in [3.05, 3.63) is 11.1 Å². The summed E-state index contributed by atoms with van der Waals surface area (Å²) >= 11 is 1.68. The second-order valence-electron chi connectivity index (χ2n) is 2.01. The Morgan fingerprint density at radius 3 is 3.30 bits per heavy atom. The molecule has 4 heteroatoms. The van der Waals surface area contributed by atoms with Crippen LogP contribution in [0.2, 0.25) is 0 Å². The Labute approximate surface area is 64.8 Å². The van der Waals surface area contributed by atoms with E-state index in [0.717, 1.165) is 6.54 Å². The molecule has 3 N–H and O–H groups in total. The van der Waals surface area contributed by atoms with E-state index in [1.54, 1.807) is 11.8 Å². The van der Waals surface area contributed by atoms with Crippen molar-refractivity contribution in [1.82, 2.24) is 10.6 Å². The van der Waals surface area contributed by atoms with Gasteiger partial charge in [0.15, 0.2) is 0 Å². The molecule has 1 atom stereocenters. The van der Waals surface area contributed by atoms with Crippen LogP contribution >= 0.6 is 11.8 Å². The second kappa shape index (κ2) is 3.63. The Morgan fingerprint density at radius 2 is 2.80 bits per heavy atom. The van der Waals surface area contributed by atoms with Gasteiger partial charge in [-0.05, 0) is 7.05 Å². The lowest BCUT2D eigenvalue weighted by molar-refractivity contribution is 0.904. The van der Waals surface area contributed by atoms with Gasteiger partial charge in [0.05, 0.1) is 0 Å². The van der Waals surface area contributed by atoms with Gasteiger partial charge in [0.2, 0.25) is 0 Å². The molecule has 1 aliphatic heterocycles. The van der Waals surface area contributed by atoms with Gasteiger partial charge < -0.3 is 16.0 Å². The summed E-state index contributed by atoms with van der Waals surface area (Å²) in [6.45, 7) is 0.891. The topological polar surface area (TPSA) is 47.9 Å². The molecular weight excluding hydrogens is 146 g/mol. The molecule has 0 fully saturated rings. The SMILES string of the molecule is CNCC1=CNC(C=N)S1. The molecule has 0 aromatic carbocycles. The van der Waals surface area contributed by atoms with Gasteiger partial charge in [-0.25, -0.2) is 0 Å². The first-order valence-electron chi connectivity index (χ1n) is 3.13. The van der Waals surface area contributed by atoms with Crippen LogP contribution in [0.3, 0.4) is 0 Å². The van der Waals surface area contributed by atoms with Crippen LogP contribution in [-0.2, 0) is 0 Å². The number of likely N-dealkylation sites (N-methyl/N-ethyl adjacent to an activating group) is 1. The first-order valence-corrected chi connectivity index (χ1v) is 4.01. The predicted molar refractivity (Wildman–Crippen MR) is 45.3 cm³/mol. The molecule has 0 radical (unpaired) electrons. The van der Waals surface area contributed by atoms with Gasteiger partial charge in [0.1, 0.15) is 5.37 Å². The third-order valence-corrected chi connectivity index (χ3v) is 2.28. The minimum absolute atomic E-state index is 0.156. The highest BCUT2D eigenvalue weighted by Crippen LogP contribution is 2.22. The maximum atomic E-state index is 6.96. The normalized spacial score (nSPS) is 23.7. The van der Waals surface area contributed by atoms with Crippen molar-refractivity contribution in [1.29, 1.82) is 5.41 Å². The Morgan fingerprint density at radius 1 is 2.00 bits per heavy atom. The molecule has 10 heavy (non-hydrogen) atoms. The van der Waals surface area contributed by atoms with Crippen LogP contribution in [0.15, 0.2) is 11.1 Å². The van der Waals surface area contributed by atoms with E-state index < -0.39 is 0 Å². The van der Waals surface area contributed by atoms with E-state index in [4.69, 9.17) is 5.41 Å². The van der Waals surface area contributed by atoms with Crippen molar-refractivity contribution in [3.63, 3.8) is 0 Å². The van der Waals surface area contributed by atoms with Crippen molar-refractivity contribution in [2.75, 3.05) is 13.6 Å². The standard InChI is InChI=1S/C6H11N3S/c1-8-3-5-4-9-6(2-7)10-5/h2,4,6-9H,3H2,1H3. The summed E-state index contributed by atoms with van der Waals surface area (Å²) in [5, 5.41) is 13.2. The molecule has 0 aromatic heterocycles. The maximum absolute atomic E-state index is 6.96. The van der Waals surface area contributed by atoms with Crippen LogP contribution in [0.25, 0.3) is 0 Å². The lowest BCUT2D eigenvalue weighted by Crippen LogP contribution is -2.16. The summed E-state index contributed by atoms with van der Waals surface area (Å²) in [5.41, 5.74) is 0. The fraction of sp³-hybridized carbons (Fsp3) is 0.500. The van der Waals surface area contributed by atoms with Gasteiger partial charge in [0.25, 0.3) is 0 Å². The van der Waals surface area contributed by atoms with Gasteiger partial charge >= 0.3 is 0 Å². The molecule has 0 aliphatic carbocycles. The fourth-order valence-electron chi connectivity index (χ4n) is 0.755. The van der Waals surface area contributed by atoms with E-state index in [-0.39, 0.29) is 5.37 Å². The van der Waals surface area contributed by atoms with Crippen LogP contribution in [0, 0.1) is 5.41 Å². The molecule has 0 amide bonds. The maximum Gasteiger partial charge on any atom is 0.111 e. The van der Waals surface area contributed by atoms with Crippen LogP contribution in [0.4, 0.5) is 0 Å². The molecule has 0 saturated carbocycles. The smallest absolute Gasteiger partial charge is 0.111 e. The highest BCUT2D eigenvalue weighted by Gasteiger charge is 2.12. The number of rotatable bonds is 3. The number of hydrogen-bond donors (Lipinski definition) is 3. The average molecular weight is 157 g/mol. The third-order valence-electron chi connectivity index (χ3n) is 1.19. The van der Waals surface area contributed by atoms with Gasteiger partial charge in [-0.2, -0.15) is 0 Å². The van der Waals surface area contributed by atoms with E-state index >= 15 is 0 Å². The lowest BCUT2D eigenvalue weighted by atomic mass is 10.6. The van der Waals surface area contributed by atoms with E-state index in [1.165, 1.54) is 11.1 Å². The quantitative estimate of drug-likeness (QED) is 0.518. The second-order valence-corrected chi connectivity index (χ2v) is 3.28. The number of nitrogens with one attached hydrogen (secondary N) is 3. The Hall–Kier alpha value is -0.480. The molecule has 0 saturated heterocycles. The van der Waals surface area contributed by atoms with E-state index in [2.05, 4.69) is 10.6 Å². The highest BCUT2D eigenvalue weighted by molar-refractivity contribution is 8.04. The molecule has 0 bridgehead atoms. The molecule has 1 aliphatic rings. The molecular formula is C6H11N3S. The number of thioether (sulfide) groups is 1. The average Bonchev–Trinajstić information content (AvgIpc) is 2.37. The van der Waals surface area contributed by atoms with Crippen molar-refractivity contribution in [2.45, 2.75) is 5.37 Å². The molecule has 1 rings (SSSR count). The summed E-state index contributed by atoms with van der Waals surface area (Å²) in [6, 6.07) is 0. The van der Waals surface area contributed by atoms with Crippen LogP contribution < -0.4 is 10.6 Å². The zero-order chi connectivity index (χ0) is 7.40. The number of hydrogen-bond acceptors (Lipinski definition) is 4. The molecule has 0 spiro atoms. The summed E-state index contributed by atoms with van der Waals surface area (Å²) < 4.78 is 0. The zero-order valence-electron chi connectivity index (χ0n) is 5.85. The molecule has 0 aromatic rings. The predicted octanol–water partition coefficient (Wildman–Crippen LogP) is 0.359. The Bertz CT molecular complexity index is 155. The van der Waals surface area contributed by atoms with Crippen molar-refractivity contribution in [3.8, 4) is 0 Å². The molecule has 1 heterocycles. The summed E-state index contributed by atoms with van der Waals surface area (Å²) in [4.78, 5) is 1.26. The Kier molecular flexibility index (Phi) is 2.77. The first-order chi connectivity index (χ1) is 4.86. The summed E-state index contributed by atoms with van der Waals surface area (Å²) in [6.07, 6.45) is 3.36. The van der Waals surface area contributed by atoms with Crippen molar-refractivity contribution < 1.29 is 0 Å². The van der Waals surface area contributed by atoms with E-state index in [9.17, 15) is 0 Å².